The Kier molecular flexibility index (Phi) is 2.68. The van der Waals surface area contributed by atoms with E-state index < -0.39 is 5.97 Å². The third-order valence-corrected chi connectivity index (χ3v) is 3.14. The number of furan rings is 1. The number of hydrogen-bond donors (Lipinski definition) is 0. The maximum atomic E-state index is 11.4. The van der Waals surface area contributed by atoms with E-state index in [4.69, 9.17) is 4.42 Å². The lowest BCUT2D eigenvalue weighted by Gasteiger charge is -1.93. The molecule has 1 aromatic carbocycles. The molecule has 4 heteroatoms. The second-order valence-corrected chi connectivity index (χ2v) is 4.33. The minimum absolute atomic E-state index is 0.289. The molecule has 78 valence electrons. The van der Waals surface area contributed by atoms with Gasteiger partial charge in [0, 0.05) is 10.9 Å². The molecule has 3 nitrogen and oxygen atoms in total. The van der Waals surface area contributed by atoms with Crippen LogP contribution in [0.25, 0.3) is 11.0 Å². The fourth-order valence-electron chi connectivity index (χ4n) is 1.50. The Balaban J connectivity index is 2.75. The van der Waals surface area contributed by atoms with Gasteiger partial charge in [0.1, 0.15) is 5.58 Å². The van der Waals surface area contributed by atoms with Crippen molar-refractivity contribution in [2.24, 2.45) is 0 Å². The molecule has 0 N–H and O–H groups in total. The molecule has 0 spiro atoms. The molecule has 0 amide bonds. The van der Waals surface area contributed by atoms with E-state index in [1.54, 1.807) is 0 Å². The number of ether oxygens (including phenoxy) is 1. The van der Waals surface area contributed by atoms with Gasteiger partial charge in [0.2, 0.25) is 5.76 Å². The van der Waals surface area contributed by atoms with Gasteiger partial charge in [-0.3, -0.25) is 0 Å². The first-order valence-electron chi connectivity index (χ1n) is 4.41. The van der Waals surface area contributed by atoms with Gasteiger partial charge in [-0.05, 0) is 35.6 Å². The molecule has 15 heavy (non-hydrogen) atoms. The first kappa shape index (κ1) is 10.5. The number of halogens is 1. The minimum atomic E-state index is -0.431. The summed E-state index contributed by atoms with van der Waals surface area (Å²) in [7, 11) is 1.35. The summed E-state index contributed by atoms with van der Waals surface area (Å²) in [4.78, 5) is 11.4. The van der Waals surface area contributed by atoms with Crippen LogP contribution in [0.4, 0.5) is 0 Å². The standard InChI is InChI=1S/C11H9IO3/c1-6-7-4-3-5-8(12)10(7)15-9(6)11(13)14-2/h3-5H,1-2H3. The quantitative estimate of drug-likeness (QED) is 0.599. The molecular formula is C11H9IO3. The van der Waals surface area contributed by atoms with E-state index in [2.05, 4.69) is 27.3 Å². The fraction of sp³-hybridized carbons (Fsp3) is 0.182. The molecular weight excluding hydrogens is 307 g/mol. The Hall–Kier alpha value is -1.04. The van der Waals surface area contributed by atoms with Crippen LogP contribution in [-0.2, 0) is 4.74 Å². The average Bonchev–Trinajstić information content (AvgIpc) is 2.57. The fourth-order valence-corrected chi connectivity index (χ4v) is 2.10. The van der Waals surface area contributed by atoms with Gasteiger partial charge < -0.3 is 9.15 Å². The minimum Gasteiger partial charge on any atom is -0.463 e. The van der Waals surface area contributed by atoms with Crippen molar-refractivity contribution < 1.29 is 13.9 Å². The molecule has 0 saturated heterocycles. The van der Waals surface area contributed by atoms with Crippen molar-refractivity contribution in [2.45, 2.75) is 6.92 Å². The smallest absolute Gasteiger partial charge is 0.374 e. The number of carbonyl (C=O) groups is 1. The lowest BCUT2D eigenvalue weighted by atomic mass is 10.1. The monoisotopic (exact) mass is 316 g/mol. The molecule has 0 fully saturated rings. The van der Waals surface area contributed by atoms with Crippen molar-refractivity contribution >= 4 is 39.5 Å². The Morgan fingerprint density at radius 3 is 2.80 bits per heavy atom. The highest BCUT2D eigenvalue weighted by atomic mass is 127. The number of rotatable bonds is 1. The summed E-state index contributed by atoms with van der Waals surface area (Å²) in [5, 5.41) is 0.960. The molecule has 1 heterocycles. The summed E-state index contributed by atoms with van der Waals surface area (Å²) >= 11 is 2.18. The second kappa shape index (κ2) is 3.84. The van der Waals surface area contributed by atoms with Crippen LogP contribution < -0.4 is 0 Å². The molecule has 0 aliphatic carbocycles. The number of fused-ring (bicyclic) bond motifs is 1. The van der Waals surface area contributed by atoms with E-state index in [1.807, 2.05) is 25.1 Å². The Labute approximate surface area is 101 Å². The average molecular weight is 316 g/mol. The van der Waals surface area contributed by atoms with Crippen LogP contribution in [-0.4, -0.2) is 13.1 Å². The van der Waals surface area contributed by atoms with E-state index in [0.29, 0.717) is 0 Å². The summed E-state index contributed by atoms with van der Waals surface area (Å²) < 4.78 is 11.1. The first-order valence-corrected chi connectivity index (χ1v) is 5.49. The topological polar surface area (TPSA) is 39.4 Å². The number of benzene rings is 1. The lowest BCUT2D eigenvalue weighted by Crippen LogP contribution is -2.00. The van der Waals surface area contributed by atoms with Crippen LogP contribution in [0.2, 0.25) is 0 Å². The normalized spacial score (nSPS) is 10.6. The van der Waals surface area contributed by atoms with E-state index in [1.165, 1.54) is 7.11 Å². The van der Waals surface area contributed by atoms with Crippen molar-refractivity contribution in [3.63, 3.8) is 0 Å². The zero-order valence-electron chi connectivity index (χ0n) is 8.33. The van der Waals surface area contributed by atoms with Crippen molar-refractivity contribution in [1.29, 1.82) is 0 Å². The van der Waals surface area contributed by atoms with Gasteiger partial charge in [-0.15, -0.1) is 0 Å². The van der Waals surface area contributed by atoms with Gasteiger partial charge in [0.15, 0.2) is 0 Å². The predicted octanol–water partition coefficient (Wildman–Crippen LogP) is 3.13. The third-order valence-electron chi connectivity index (χ3n) is 2.29. The Morgan fingerprint density at radius 2 is 2.20 bits per heavy atom. The van der Waals surface area contributed by atoms with Crippen LogP contribution >= 0.6 is 22.6 Å². The second-order valence-electron chi connectivity index (χ2n) is 3.16. The SMILES string of the molecule is COC(=O)c1oc2c(I)cccc2c1C. The van der Waals surface area contributed by atoms with E-state index in [-0.39, 0.29) is 5.76 Å². The maximum Gasteiger partial charge on any atom is 0.374 e. The summed E-state index contributed by atoms with van der Waals surface area (Å²) in [5.41, 5.74) is 1.58. The summed E-state index contributed by atoms with van der Waals surface area (Å²) in [5.74, 6) is -0.142. The van der Waals surface area contributed by atoms with Crippen molar-refractivity contribution in [3.8, 4) is 0 Å². The molecule has 0 bridgehead atoms. The third kappa shape index (κ3) is 1.62. The van der Waals surface area contributed by atoms with Crippen LogP contribution in [0.1, 0.15) is 16.1 Å². The summed E-state index contributed by atoms with van der Waals surface area (Å²) in [6.07, 6.45) is 0. The summed E-state index contributed by atoms with van der Waals surface area (Å²) in [6.45, 7) is 1.86. The predicted molar refractivity (Wildman–Crippen MR) is 65.0 cm³/mol. The zero-order valence-corrected chi connectivity index (χ0v) is 10.5. The van der Waals surface area contributed by atoms with E-state index in [9.17, 15) is 4.79 Å². The molecule has 2 rings (SSSR count). The molecule has 0 aliphatic rings. The Bertz CT molecular complexity index is 528. The lowest BCUT2D eigenvalue weighted by molar-refractivity contribution is 0.0566. The highest BCUT2D eigenvalue weighted by Gasteiger charge is 2.18. The van der Waals surface area contributed by atoms with Gasteiger partial charge in [0.25, 0.3) is 0 Å². The number of esters is 1. The largest absolute Gasteiger partial charge is 0.463 e. The molecule has 0 aliphatic heterocycles. The van der Waals surface area contributed by atoms with Crippen molar-refractivity contribution in [3.05, 3.63) is 33.1 Å². The zero-order chi connectivity index (χ0) is 11.0. The van der Waals surface area contributed by atoms with Crippen LogP contribution in [0.15, 0.2) is 22.6 Å². The van der Waals surface area contributed by atoms with Gasteiger partial charge in [-0.25, -0.2) is 4.79 Å². The summed E-state index contributed by atoms with van der Waals surface area (Å²) in [6, 6.07) is 5.81. The maximum absolute atomic E-state index is 11.4. The van der Waals surface area contributed by atoms with Crippen LogP contribution in [0.3, 0.4) is 0 Å². The van der Waals surface area contributed by atoms with Gasteiger partial charge in [-0.2, -0.15) is 0 Å². The molecule has 0 radical (unpaired) electrons. The number of aryl methyl sites for hydroxylation is 1. The van der Waals surface area contributed by atoms with E-state index >= 15 is 0 Å². The molecule has 0 saturated carbocycles. The van der Waals surface area contributed by atoms with Gasteiger partial charge >= 0.3 is 5.97 Å². The number of carbonyl (C=O) groups excluding carboxylic acids is 1. The Morgan fingerprint density at radius 1 is 1.47 bits per heavy atom. The molecule has 1 aromatic heterocycles. The number of para-hydroxylation sites is 1. The van der Waals surface area contributed by atoms with Crippen LogP contribution in [0.5, 0.6) is 0 Å². The highest BCUT2D eigenvalue weighted by molar-refractivity contribution is 14.1. The molecule has 0 unspecified atom stereocenters. The molecule has 0 atom stereocenters. The molecule has 2 aromatic rings. The van der Waals surface area contributed by atoms with Gasteiger partial charge in [-0.1, -0.05) is 12.1 Å². The van der Waals surface area contributed by atoms with Crippen LogP contribution in [0, 0.1) is 10.5 Å². The van der Waals surface area contributed by atoms with E-state index in [0.717, 1.165) is 20.1 Å². The van der Waals surface area contributed by atoms with Gasteiger partial charge in [0.05, 0.1) is 10.7 Å². The van der Waals surface area contributed by atoms with Crippen molar-refractivity contribution in [1.82, 2.24) is 0 Å². The first-order chi connectivity index (χ1) is 7.15. The van der Waals surface area contributed by atoms with Crippen molar-refractivity contribution in [2.75, 3.05) is 7.11 Å². The highest BCUT2D eigenvalue weighted by Crippen LogP contribution is 2.29. The number of methoxy groups -OCH3 is 1. The number of hydrogen-bond acceptors (Lipinski definition) is 3.